The molecule has 5 nitrogen and oxygen atoms in total. The number of rotatable bonds is 6. The van der Waals surface area contributed by atoms with Crippen molar-refractivity contribution in [2.45, 2.75) is 26.3 Å². The molecule has 30 heavy (non-hydrogen) atoms. The van der Waals surface area contributed by atoms with Crippen LogP contribution in [0.2, 0.25) is 0 Å². The third-order valence-corrected chi connectivity index (χ3v) is 5.17. The van der Waals surface area contributed by atoms with Crippen molar-refractivity contribution in [2.24, 2.45) is 0 Å². The lowest BCUT2D eigenvalue weighted by Crippen LogP contribution is -2.32. The number of hydrogen-bond acceptors (Lipinski definition) is 4. The molecule has 0 spiro atoms. The molecule has 1 aromatic heterocycles. The monoisotopic (exact) mass is 397 g/mol. The van der Waals surface area contributed by atoms with Gasteiger partial charge in [0.1, 0.15) is 5.70 Å². The Morgan fingerprint density at radius 1 is 0.867 bits per heavy atom. The lowest BCUT2D eigenvalue weighted by Gasteiger charge is -2.15. The summed E-state index contributed by atoms with van der Waals surface area (Å²) in [5, 5.41) is 3.21. The molecule has 2 amide bonds. The first-order valence-corrected chi connectivity index (χ1v) is 9.96. The molecule has 150 valence electrons. The van der Waals surface area contributed by atoms with E-state index in [4.69, 9.17) is 0 Å². The minimum atomic E-state index is -0.330. The van der Waals surface area contributed by atoms with E-state index in [1.54, 1.807) is 24.5 Å². The van der Waals surface area contributed by atoms with Gasteiger partial charge in [-0.2, -0.15) is 0 Å². The normalized spacial score (nSPS) is 14.0. The summed E-state index contributed by atoms with van der Waals surface area (Å²) in [4.78, 5) is 31.8. The number of benzene rings is 2. The van der Waals surface area contributed by atoms with Crippen molar-refractivity contribution in [1.29, 1.82) is 0 Å². The number of nitrogens with zero attached hydrogens (tertiary/aromatic N) is 2. The summed E-state index contributed by atoms with van der Waals surface area (Å²) in [5.74, 6) is -0.211. The van der Waals surface area contributed by atoms with Gasteiger partial charge in [-0.05, 0) is 46.9 Å². The first-order chi connectivity index (χ1) is 14.5. The van der Waals surface area contributed by atoms with E-state index in [9.17, 15) is 9.59 Å². The molecular formula is C25H23N3O2. The third-order valence-electron chi connectivity index (χ3n) is 5.17. The molecule has 0 radical (unpaired) electrons. The summed E-state index contributed by atoms with van der Waals surface area (Å²) in [6, 6.07) is 20.9. The predicted octanol–water partition coefficient (Wildman–Crippen LogP) is 4.60. The van der Waals surface area contributed by atoms with Crippen molar-refractivity contribution in [1.82, 2.24) is 9.88 Å². The summed E-state index contributed by atoms with van der Waals surface area (Å²) in [6.45, 7) is 4.47. The summed E-state index contributed by atoms with van der Waals surface area (Å²) >= 11 is 0. The molecule has 1 aliphatic rings. The predicted molar refractivity (Wildman–Crippen MR) is 117 cm³/mol. The van der Waals surface area contributed by atoms with E-state index in [2.05, 4.69) is 24.1 Å². The van der Waals surface area contributed by atoms with Crippen LogP contribution in [0.1, 0.15) is 36.5 Å². The van der Waals surface area contributed by atoms with Gasteiger partial charge in [0.15, 0.2) is 0 Å². The molecule has 2 aromatic carbocycles. The van der Waals surface area contributed by atoms with Gasteiger partial charge in [-0.25, -0.2) is 0 Å². The second kappa shape index (κ2) is 8.33. The number of carbonyl (C=O) groups is 2. The largest absolute Gasteiger partial charge is 0.350 e. The number of pyridine rings is 1. The summed E-state index contributed by atoms with van der Waals surface area (Å²) in [6.07, 6.45) is 3.31. The molecule has 4 rings (SSSR count). The molecule has 0 aliphatic carbocycles. The van der Waals surface area contributed by atoms with Crippen LogP contribution in [-0.2, 0) is 16.1 Å². The standard InChI is InChI=1S/C25H23N3O2/c1-17(2)19-8-10-21(11-9-19)27-23-22(20-6-4-3-5-7-20)24(29)28(25(23)30)16-18-12-14-26-15-13-18/h3-15,17,27H,16H2,1-2H3. The number of hydrogen-bond donors (Lipinski definition) is 1. The highest BCUT2D eigenvalue weighted by Crippen LogP contribution is 2.31. The number of imide groups is 1. The zero-order valence-corrected chi connectivity index (χ0v) is 17.0. The molecule has 0 saturated carbocycles. The van der Waals surface area contributed by atoms with Crippen LogP contribution in [0.3, 0.4) is 0 Å². The average Bonchev–Trinajstić information content (AvgIpc) is 3.00. The second-order valence-corrected chi connectivity index (χ2v) is 7.57. The Morgan fingerprint density at radius 2 is 1.53 bits per heavy atom. The Labute approximate surface area is 176 Å². The number of carbonyl (C=O) groups excluding carboxylic acids is 2. The van der Waals surface area contributed by atoms with Crippen molar-refractivity contribution < 1.29 is 9.59 Å². The maximum absolute atomic E-state index is 13.3. The Bertz CT molecular complexity index is 1090. The van der Waals surface area contributed by atoms with E-state index in [0.29, 0.717) is 17.2 Å². The van der Waals surface area contributed by atoms with Crippen LogP contribution in [0.15, 0.2) is 84.8 Å². The molecule has 1 aliphatic heterocycles. The second-order valence-electron chi connectivity index (χ2n) is 7.57. The first kappa shape index (κ1) is 19.6. The van der Waals surface area contributed by atoms with Gasteiger partial charge in [0, 0.05) is 18.1 Å². The van der Waals surface area contributed by atoms with Crippen molar-refractivity contribution in [3.05, 3.63) is 102 Å². The zero-order valence-electron chi connectivity index (χ0n) is 17.0. The van der Waals surface area contributed by atoms with Gasteiger partial charge in [0.05, 0.1) is 12.1 Å². The van der Waals surface area contributed by atoms with Crippen molar-refractivity contribution in [3.8, 4) is 0 Å². The molecule has 0 bridgehead atoms. The van der Waals surface area contributed by atoms with E-state index >= 15 is 0 Å². The van der Waals surface area contributed by atoms with Gasteiger partial charge in [-0.1, -0.05) is 56.3 Å². The highest BCUT2D eigenvalue weighted by Gasteiger charge is 2.39. The molecule has 0 unspecified atom stereocenters. The topological polar surface area (TPSA) is 62.3 Å². The fourth-order valence-corrected chi connectivity index (χ4v) is 3.47. The fraction of sp³-hybridized carbons (Fsp3) is 0.160. The molecule has 3 aromatic rings. The number of amides is 2. The third kappa shape index (κ3) is 3.87. The van der Waals surface area contributed by atoms with Crippen LogP contribution in [0.4, 0.5) is 5.69 Å². The highest BCUT2D eigenvalue weighted by atomic mass is 16.2. The van der Waals surface area contributed by atoms with Crippen LogP contribution in [-0.4, -0.2) is 21.7 Å². The summed E-state index contributed by atoms with van der Waals surface area (Å²) in [7, 11) is 0. The Hall–Kier alpha value is -3.73. The van der Waals surface area contributed by atoms with E-state index in [1.165, 1.54) is 10.5 Å². The van der Waals surface area contributed by atoms with Crippen LogP contribution in [0, 0.1) is 0 Å². The van der Waals surface area contributed by atoms with Crippen molar-refractivity contribution >= 4 is 23.1 Å². The van der Waals surface area contributed by atoms with Crippen LogP contribution in [0.5, 0.6) is 0 Å². The molecule has 2 heterocycles. The van der Waals surface area contributed by atoms with Gasteiger partial charge in [-0.3, -0.25) is 19.5 Å². The van der Waals surface area contributed by atoms with Gasteiger partial charge < -0.3 is 5.32 Å². The molecule has 0 atom stereocenters. The smallest absolute Gasteiger partial charge is 0.278 e. The molecular weight excluding hydrogens is 374 g/mol. The minimum absolute atomic E-state index is 0.202. The van der Waals surface area contributed by atoms with Crippen LogP contribution >= 0.6 is 0 Å². The summed E-state index contributed by atoms with van der Waals surface area (Å²) in [5.41, 5.74) is 4.25. The van der Waals surface area contributed by atoms with Crippen LogP contribution in [0.25, 0.3) is 5.57 Å². The van der Waals surface area contributed by atoms with Gasteiger partial charge >= 0.3 is 0 Å². The Balaban J connectivity index is 1.70. The number of nitrogens with one attached hydrogen (secondary N) is 1. The maximum atomic E-state index is 13.3. The minimum Gasteiger partial charge on any atom is -0.350 e. The Kier molecular flexibility index (Phi) is 5.44. The van der Waals surface area contributed by atoms with E-state index in [1.807, 2.05) is 54.6 Å². The van der Waals surface area contributed by atoms with Crippen molar-refractivity contribution in [3.63, 3.8) is 0 Å². The van der Waals surface area contributed by atoms with Gasteiger partial charge in [0.25, 0.3) is 11.8 Å². The van der Waals surface area contributed by atoms with Gasteiger partial charge in [0.2, 0.25) is 0 Å². The fourth-order valence-electron chi connectivity index (χ4n) is 3.47. The quantitative estimate of drug-likeness (QED) is 0.618. The molecule has 0 saturated heterocycles. The number of aromatic nitrogens is 1. The average molecular weight is 397 g/mol. The highest BCUT2D eigenvalue weighted by molar-refractivity contribution is 6.36. The zero-order chi connectivity index (χ0) is 21.1. The Morgan fingerprint density at radius 3 is 2.17 bits per heavy atom. The van der Waals surface area contributed by atoms with E-state index < -0.39 is 0 Å². The van der Waals surface area contributed by atoms with E-state index in [0.717, 1.165) is 16.8 Å². The van der Waals surface area contributed by atoms with Gasteiger partial charge in [-0.15, -0.1) is 0 Å². The van der Waals surface area contributed by atoms with Crippen LogP contribution < -0.4 is 5.32 Å². The first-order valence-electron chi connectivity index (χ1n) is 9.96. The lowest BCUT2D eigenvalue weighted by atomic mass is 10.0. The molecule has 1 N–H and O–H groups in total. The van der Waals surface area contributed by atoms with E-state index in [-0.39, 0.29) is 18.4 Å². The molecule has 5 heteroatoms. The number of anilines is 1. The maximum Gasteiger partial charge on any atom is 0.278 e. The SMILES string of the molecule is CC(C)c1ccc(NC2=C(c3ccccc3)C(=O)N(Cc3ccncc3)C2=O)cc1. The molecule has 0 fully saturated rings. The summed E-state index contributed by atoms with van der Waals surface area (Å²) < 4.78 is 0. The van der Waals surface area contributed by atoms with Crippen molar-refractivity contribution in [2.75, 3.05) is 5.32 Å². The lowest BCUT2D eigenvalue weighted by molar-refractivity contribution is -0.137.